The van der Waals surface area contributed by atoms with Crippen LogP contribution in [0.25, 0.3) is 0 Å². The normalized spacial score (nSPS) is 20.4. The monoisotopic (exact) mass is 211 g/mol. The Hall–Kier alpha value is -0.0400. The van der Waals surface area contributed by atoms with E-state index in [1.165, 1.54) is 32.2 Å². The quantitative estimate of drug-likeness (QED) is 0.741. The van der Waals surface area contributed by atoms with Gasteiger partial charge in [-0.2, -0.15) is 0 Å². The second-order valence-corrected chi connectivity index (χ2v) is 7.66. The number of hydrogen-bond acceptors (Lipinski definition) is 1. The molecule has 0 unspecified atom stereocenters. The highest BCUT2D eigenvalue weighted by atomic mass is 15.0. The van der Waals surface area contributed by atoms with Crippen molar-refractivity contribution >= 4 is 0 Å². The van der Waals surface area contributed by atoms with Crippen molar-refractivity contribution < 1.29 is 0 Å². The molecule has 0 bridgehead atoms. The van der Waals surface area contributed by atoms with Crippen LogP contribution in [0, 0.1) is 10.8 Å². The Balaban J connectivity index is 2.28. The molecule has 1 rings (SSSR count). The fraction of sp³-hybridized carbons (Fsp3) is 1.00. The van der Waals surface area contributed by atoms with Crippen LogP contribution in [-0.4, -0.2) is 12.1 Å². The van der Waals surface area contributed by atoms with Crippen LogP contribution >= 0.6 is 0 Å². The molecule has 1 heteroatoms. The summed E-state index contributed by atoms with van der Waals surface area (Å²) in [5, 5.41) is 3.66. The molecule has 0 amide bonds. The zero-order valence-electron chi connectivity index (χ0n) is 11.5. The summed E-state index contributed by atoms with van der Waals surface area (Å²) in [5.74, 6) is 0. The van der Waals surface area contributed by atoms with Crippen molar-refractivity contribution in [2.45, 2.75) is 72.8 Å². The summed E-state index contributed by atoms with van der Waals surface area (Å²) in [6, 6.07) is 0. The van der Waals surface area contributed by atoms with E-state index >= 15 is 0 Å². The van der Waals surface area contributed by atoms with Crippen LogP contribution in [0.3, 0.4) is 0 Å². The maximum absolute atomic E-state index is 3.66. The average molecular weight is 211 g/mol. The fourth-order valence-electron chi connectivity index (χ4n) is 1.78. The summed E-state index contributed by atoms with van der Waals surface area (Å²) in [6.45, 7) is 15.0. The highest BCUT2D eigenvalue weighted by Gasteiger charge is 2.42. The van der Waals surface area contributed by atoms with Crippen LogP contribution in [0.2, 0.25) is 0 Å². The molecular formula is C14H29N. The summed E-state index contributed by atoms with van der Waals surface area (Å²) in [4.78, 5) is 0. The van der Waals surface area contributed by atoms with Gasteiger partial charge in [0, 0.05) is 12.1 Å². The van der Waals surface area contributed by atoms with Crippen LogP contribution in [0.4, 0.5) is 0 Å². The van der Waals surface area contributed by atoms with Crippen LogP contribution < -0.4 is 5.32 Å². The Bertz CT molecular complexity index is 180. The molecule has 0 spiro atoms. The summed E-state index contributed by atoms with van der Waals surface area (Å²) < 4.78 is 0. The highest BCUT2D eigenvalue weighted by molar-refractivity contribution is 4.96. The Labute approximate surface area is 96.0 Å². The van der Waals surface area contributed by atoms with Gasteiger partial charge in [0.15, 0.2) is 0 Å². The van der Waals surface area contributed by atoms with E-state index in [-0.39, 0.29) is 5.54 Å². The van der Waals surface area contributed by atoms with Gasteiger partial charge in [-0.1, -0.05) is 20.8 Å². The third kappa shape index (κ3) is 5.55. The number of rotatable bonds is 4. The van der Waals surface area contributed by atoms with Gasteiger partial charge in [-0.15, -0.1) is 0 Å². The van der Waals surface area contributed by atoms with Gasteiger partial charge in [-0.05, 0) is 57.3 Å². The van der Waals surface area contributed by atoms with Crippen LogP contribution in [0.15, 0.2) is 0 Å². The molecule has 15 heavy (non-hydrogen) atoms. The van der Waals surface area contributed by atoms with Gasteiger partial charge in [0.05, 0.1) is 0 Å². The van der Waals surface area contributed by atoms with Gasteiger partial charge in [0.1, 0.15) is 0 Å². The first-order valence-corrected chi connectivity index (χ1v) is 6.37. The standard InChI is InChI=1S/C14H29N/c1-12(2,3)7-8-14(9-10-14)11-15-13(4,5)6/h15H,7-11H2,1-6H3. The number of hydrogen-bond donors (Lipinski definition) is 1. The minimum atomic E-state index is 0.275. The lowest BCUT2D eigenvalue weighted by Crippen LogP contribution is -2.39. The van der Waals surface area contributed by atoms with Gasteiger partial charge >= 0.3 is 0 Å². The van der Waals surface area contributed by atoms with Crippen molar-refractivity contribution in [1.82, 2.24) is 5.32 Å². The summed E-state index contributed by atoms with van der Waals surface area (Å²) in [7, 11) is 0. The van der Waals surface area contributed by atoms with Crippen molar-refractivity contribution in [3.8, 4) is 0 Å². The molecule has 90 valence electrons. The number of nitrogens with one attached hydrogen (secondary N) is 1. The molecule has 0 atom stereocenters. The van der Waals surface area contributed by atoms with E-state index in [2.05, 4.69) is 46.9 Å². The first-order chi connectivity index (χ1) is 6.62. The third-order valence-electron chi connectivity index (χ3n) is 3.36. The molecule has 0 aromatic rings. The van der Waals surface area contributed by atoms with Crippen molar-refractivity contribution in [3.05, 3.63) is 0 Å². The molecule has 1 saturated carbocycles. The van der Waals surface area contributed by atoms with Gasteiger partial charge in [0.2, 0.25) is 0 Å². The van der Waals surface area contributed by atoms with Crippen LogP contribution in [0.5, 0.6) is 0 Å². The third-order valence-corrected chi connectivity index (χ3v) is 3.36. The minimum Gasteiger partial charge on any atom is -0.312 e. The van der Waals surface area contributed by atoms with Gasteiger partial charge in [-0.25, -0.2) is 0 Å². The lowest BCUT2D eigenvalue weighted by molar-refractivity contribution is 0.284. The van der Waals surface area contributed by atoms with Crippen LogP contribution in [0.1, 0.15) is 67.2 Å². The first kappa shape index (κ1) is 13.0. The molecule has 0 radical (unpaired) electrons. The molecule has 1 N–H and O–H groups in total. The van der Waals surface area contributed by atoms with Crippen molar-refractivity contribution in [1.29, 1.82) is 0 Å². The lowest BCUT2D eigenvalue weighted by atomic mass is 9.85. The molecule has 0 aliphatic heterocycles. The predicted molar refractivity (Wildman–Crippen MR) is 68.1 cm³/mol. The topological polar surface area (TPSA) is 12.0 Å². The molecule has 0 heterocycles. The Morgan fingerprint density at radius 1 is 1.00 bits per heavy atom. The van der Waals surface area contributed by atoms with Gasteiger partial charge in [-0.3, -0.25) is 0 Å². The second kappa shape index (κ2) is 4.08. The maximum atomic E-state index is 3.66. The zero-order valence-corrected chi connectivity index (χ0v) is 11.5. The Morgan fingerprint density at radius 3 is 1.87 bits per heavy atom. The molecule has 1 aliphatic rings. The smallest absolute Gasteiger partial charge is 0.00967 e. The summed E-state index contributed by atoms with van der Waals surface area (Å²) in [6.07, 6.45) is 5.64. The summed E-state index contributed by atoms with van der Waals surface area (Å²) >= 11 is 0. The van der Waals surface area contributed by atoms with E-state index in [4.69, 9.17) is 0 Å². The molecule has 1 nitrogen and oxygen atoms in total. The van der Waals surface area contributed by atoms with Crippen LogP contribution in [-0.2, 0) is 0 Å². The first-order valence-electron chi connectivity index (χ1n) is 6.37. The van der Waals surface area contributed by atoms with Crippen molar-refractivity contribution in [3.63, 3.8) is 0 Å². The molecule has 1 fully saturated rings. The van der Waals surface area contributed by atoms with E-state index in [1.807, 2.05) is 0 Å². The molecule has 1 aliphatic carbocycles. The van der Waals surface area contributed by atoms with E-state index in [0.29, 0.717) is 10.8 Å². The maximum Gasteiger partial charge on any atom is 0.00967 e. The van der Waals surface area contributed by atoms with E-state index in [9.17, 15) is 0 Å². The minimum absolute atomic E-state index is 0.275. The lowest BCUT2D eigenvalue weighted by Gasteiger charge is -2.27. The molecular weight excluding hydrogens is 182 g/mol. The van der Waals surface area contributed by atoms with E-state index in [1.54, 1.807) is 0 Å². The predicted octanol–water partition coefficient (Wildman–Crippen LogP) is 3.98. The van der Waals surface area contributed by atoms with Crippen molar-refractivity contribution in [2.75, 3.05) is 6.54 Å². The second-order valence-electron chi connectivity index (χ2n) is 7.66. The Kier molecular flexibility index (Phi) is 3.55. The van der Waals surface area contributed by atoms with Crippen molar-refractivity contribution in [2.24, 2.45) is 10.8 Å². The van der Waals surface area contributed by atoms with Gasteiger partial charge in [0.25, 0.3) is 0 Å². The molecule has 0 saturated heterocycles. The van der Waals surface area contributed by atoms with E-state index < -0.39 is 0 Å². The summed E-state index contributed by atoms with van der Waals surface area (Å²) in [5.41, 5.74) is 1.43. The van der Waals surface area contributed by atoms with E-state index in [0.717, 1.165) is 0 Å². The molecule has 0 aromatic heterocycles. The SMILES string of the molecule is CC(C)(C)CCC1(CNC(C)(C)C)CC1. The fourth-order valence-corrected chi connectivity index (χ4v) is 1.78. The Morgan fingerprint density at radius 2 is 1.53 bits per heavy atom. The molecule has 0 aromatic carbocycles. The largest absolute Gasteiger partial charge is 0.312 e. The van der Waals surface area contributed by atoms with Gasteiger partial charge < -0.3 is 5.32 Å². The average Bonchev–Trinajstić information content (AvgIpc) is 2.76. The zero-order chi connectivity index (χ0) is 11.7. The highest BCUT2D eigenvalue weighted by Crippen LogP contribution is 2.50.